The first-order chi connectivity index (χ1) is 3.27. The minimum Gasteiger partial charge on any atom is -0.412 e. The molecule has 0 aliphatic carbocycles. The van der Waals surface area contributed by atoms with Crippen molar-refractivity contribution in [2.45, 2.75) is 26.7 Å². The van der Waals surface area contributed by atoms with Crippen LogP contribution in [0.1, 0.15) is 26.7 Å². The molecule has 0 heterocycles. The molecule has 4 heteroatoms. The Labute approximate surface area is 61.2 Å². The molecule has 10 heavy (non-hydrogen) atoms. The van der Waals surface area contributed by atoms with Gasteiger partial charge in [0, 0.05) is 6.42 Å². The first-order valence-corrected chi connectivity index (χ1v) is 2.71. The Morgan fingerprint density at radius 2 is 1.60 bits per heavy atom. The quantitative estimate of drug-likeness (QED) is 0.484. The van der Waals surface area contributed by atoms with Crippen molar-refractivity contribution < 1.29 is 21.2 Å². The summed E-state index contributed by atoms with van der Waals surface area (Å²) in [6.45, 7) is 4.23. The van der Waals surface area contributed by atoms with Gasteiger partial charge in [-0.3, -0.25) is 0 Å². The molecule has 0 aliphatic rings. The van der Waals surface area contributed by atoms with Gasteiger partial charge in [-0.05, 0) is 12.3 Å². The minimum absolute atomic E-state index is 0. The van der Waals surface area contributed by atoms with Crippen LogP contribution in [0, 0.1) is 5.92 Å². The van der Waals surface area contributed by atoms with Crippen LogP contribution in [-0.2, 0) is 4.79 Å². The fourth-order valence-corrected chi connectivity index (χ4v) is 0.401. The molecule has 0 unspecified atom stereocenters. The van der Waals surface area contributed by atoms with E-state index < -0.39 is 0 Å². The van der Waals surface area contributed by atoms with Gasteiger partial charge in [-0.15, -0.1) is 0 Å². The van der Waals surface area contributed by atoms with Gasteiger partial charge in [0.2, 0.25) is 0 Å². The Kier molecular flexibility index (Phi) is 35.9. The van der Waals surface area contributed by atoms with Crippen molar-refractivity contribution in [1.82, 2.24) is 0 Å². The molecule has 0 atom stereocenters. The van der Waals surface area contributed by atoms with Gasteiger partial charge < -0.3 is 21.2 Å². The Balaban J connectivity index is -0.0000000600. The number of carbonyl (C=O) groups excluding carboxylic acids is 1. The van der Waals surface area contributed by atoms with Crippen molar-refractivity contribution in [1.29, 1.82) is 0 Å². The number of aldehydes is 1. The highest BCUT2D eigenvalue weighted by molar-refractivity contribution is 5.48. The average Bonchev–Trinajstić information content (AvgIpc) is 1.61. The summed E-state index contributed by atoms with van der Waals surface area (Å²) in [7, 11) is 0. The van der Waals surface area contributed by atoms with E-state index in [0.717, 1.165) is 19.1 Å². The zero-order valence-electron chi connectivity index (χ0n) is 6.48. The predicted octanol–water partition coefficient (Wildman–Crippen LogP) is -0.853. The highest BCUT2D eigenvalue weighted by Crippen LogP contribution is 1.99. The highest BCUT2D eigenvalue weighted by atomic mass is 16.1. The lowest BCUT2D eigenvalue weighted by Gasteiger charge is -1.95. The minimum atomic E-state index is 0. The van der Waals surface area contributed by atoms with Gasteiger partial charge >= 0.3 is 0 Å². The van der Waals surface area contributed by atoms with Crippen molar-refractivity contribution in [3.63, 3.8) is 0 Å². The van der Waals surface area contributed by atoms with E-state index in [9.17, 15) is 4.79 Å². The van der Waals surface area contributed by atoms with Crippen LogP contribution in [0.5, 0.6) is 0 Å². The maximum Gasteiger partial charge on any atom is 0.120 e. The summed E-state index contributed by atoms with van der Waals surface area (Å²) < 4.78 is 0. The summed E-state index contributed by atoms with van der Waals surface area (Å²) in [5, 5.41) is 0. The lowest BCUT2D eigenvalue weighted by atomic mass is 10.1. The molecule has 0 aromatic carbocycles. The molecule has 0 spiro atoms. The molecule has 4 nitrogen and oxygen atoms in total. The Morgan fingerprint density at radius 3 is 1.70 bits per heavy atom. The van der Waals surface area contributed by atoms with E-state index >= 15 is 0 Å². The largest absolute Gasteiger partial charge is 0.412 e. The molecule has 0 saturated carbocycles. The van der Waals surface area contributed by atoms with E-state index in [4.69, 9.17) is 0 Å². The molecule has 0 bridgehead atoms. The van der Waals surface area contributed by atoms with Crippen LogP contribution in [0.4, 0.5) is 0 Å². The van der Waals surface area contributed by atoms with Crippen molar-refractivity contribution in [3.8, 4) is 0 Å². The summed E-state index contributed by atoms with van der Waals surface area (Å²) >= 11 is 0. The summed E-state index contributed by atoms with van der Waals surface area (Å²) in [4.78, 5) is 9.71. The van der Waals surface area contributed by atoms with E-state index in [-0.39, 0.29) is 16.4 Å². The SMILES string of the molecule is CC(C)CCC=O.O.O.O. The molecule has 0 rings (SSSR count). The first kappa shape index (κ1) is 22.7. The highest BCUT2D eigenvalue weighted by Gasteiger charge is 1.88. The molecule has 0 amide bonds. The summed E-state index contributed by atoms with van der Waals surface area (Å²) in [6, 6.07) is 0. The van der Waals surface area contributed by atoms with E-state index in [1.165, 1.54) is 0 Å². The molecule has 0 fully saturated rings. The maximum absolute atomic E-state index is 9.71. The lowest BCUT2D eigenvalue weighted by molar-refractivity contribution is -0.108. The van der Waals surface area contributed by atoms with Crippen molar-refractivity contribution in [2.24, 2.45) is 5.92 Å². The second-order valence-electron chi connectivity index (χ2n) is 2.14. The molecule has 0 aromatic heterocycles. The maximum atomic E-state index is 9.71. The molecule has 0 saturated heterocycles. The van der Waals surface area contributed by atoms with Gasteiger partial charge in [0.15, 0.2) is 0 Å². The second kappa shape index (κ2) is 15.8. The normalized spacial score (nSPS) is 6.70. The molecule has 0 radical (unpaired) electrons. The first-order valence-electron chi connectivity index (χ1n) is 2.71. The smallest absolute Gasteiger partial charge is 0.120 e. The van der Waals surface area contributed by atoms with Crippen molar-refractivity contribution >= 4 is 6.29 Å². The van der Waals surface area contributed by atoms with Gasteiger partial charge in [0.25, 0.3) is 0 Å². The number of rotatable bonds is 3. The van der Waals surface area contributed by atoms with Crippen LogP contribution in [0.2, 0.25) is 0 Å². The van der Waals surface area contributed by atoms with Crippen LogP contribution in [-0.4, -0.2) is 22.7 Å². The third-order valence-electron chi connectivity index (χ3n) is 0.862. The molecular weight excluding hydrogens is 136 g/mol. The third kappa shape index (κ3) is 25.7. The molecule has 6 N–H and O–H groups in total. The topological polar surface area (TPSA) is 112 Å². The zero-order chi connectivity index (χ0) is 5.70. The van der Waals surface area contributed by atoms with Crippen LogP contribution >= 0.6 is 0 Å². The number of carbonyl (C=O) groups is 1. The predicted molar refractivity (Wildman–Crippen MR) is 41.0 cm³/mol. The lowest BCUT2D eigenvalue weighted by Crippen LogP contribution is -1.85. The summed E-state index contributed by atoms with van der Waals surface area (Å²) in [6.07, 6.45) is 2.72. The third-order valence-corrected chi connectivity index (χ3v) is 0.862. The average molecular weight is 154 g/mol. The molecule has 0 aliphatic heterocycles. The van der Waals surface area contributed by atoms with E-state index in [1.54, 1.807) is 0 Å². The Bertz CT molecular complexity index is 53.7. The van der Waals surface area contributed by atoms with Gasteiger partial charge in [0.05, 0.1) is 0 Å². The fourth-order valence-electron chi connectivity index (χ4n) is 0.401. The van der Waals surface area contributed by atoms with Crippen LogP contribution in [0.25, 0.3) is 0 Å². The van der Waals surface area contributed by atoms with Gasteiger partial charge in [-0.1, -0.05) is 13.8 Å². The van der Waals surface area contributed by atoms with E-state index in [0.29, 0.717) is 5.92 Å². The van der Waals surface area contributed by atoms with Crippen molar-refractivity contribution in [2.75, 3.05) is 0 Å². The van der Waals surface area contributed by atoms with Gasteiger partial charge in [0.1, 0.15) is 6.29 Å². The van der Waals surface area contributed by atoms with Crippen LogP contribution in [0.15, 0.2) is 0 Å². The standard InChI is InChI=1S/C6H12O.3H2O/c1-6(2)4-3-5-7;;;/h5-6H,3-4H2,1-2H3;3*1H2. The van der Waals surface area contributed by atoms with Crippen LogP contribution < -0.4 is 0 Å². The number of hydrogen-bond donors (Lipinski definition) is 0. The Hall–Kier alpha value is -0.450. The fraction of sp³-hybridized carbons (Fsp3) is 0.833. The Morgan fingerprint density at radius 1 is 1.20 bits per heavy atom. The van der Waals surface area contributed by atoms with E-state index in [1.807, 2.05) is 0 Å². The second-order valence-corrected chi connectivity index (χ2v) is 2.14. The summed E-state index contributed by atoms with van der Waals surface area (Å²) in [5.41, 5.74) is 0. The summed E-state index contributed by atoms with van der Waals surface area (Å²) in [5.74, 6) is 0.671. The van der Waals surface area contributed by atoms with Crippen molar-refractivity contribution in [3.05, 3.63) is 0 Å². The monoisotopic (exact) mass is 154 g/mol. The number of hydrogen-bond acceptors (Lipinski definition) is 1. The zero-order valence-corrected chi connectivity index (χ0v) is 6.48. The molecular formula is C6H18O4. The molecule has 0 aromatic rings. The van der Waals surface area contributed by atoms with Gasteiger partial charge in [-0.25, -0.2) is 0 Å². The van der Waals surface area contributed by atoms with E-state index in [2.05, 4.69) is 13.8 Å². The molecule has 66 valence electrons. The van der Waals surface area contributed by atoms with Crippen LogP contribution in [0.3, 0.4) is 0 Å². The van der Waals surface area contributed by atoms with Gasteiger partial charge in [-0.2, -0.15) is 0 Å².